The number of urea groups is 1. The minimum atomic E-state index is -0.127. The van der Waals surface area contributed by atoms with Crippen LogP contribution in [-0.4, -0.2) is 37.1 Å². The Morgan fingerprint density at radius 1 is 1.12 bits per heavy atom. The highest BCUT2D eigenvalue weighted by Gasteiger charge is 2.14. The lowest BCUT2D eigenvalue weighted by atomic mass is 9.99. The molecule has 0 atom stereocenters. The van der Waals surface area contributed by atoms with Crippen molar-refractivity contribution in [1.29, 1.82) is 0 Å². The van der Waals surface area contributed by atoms with E-state index in [0.717, 1.165) is 30.0 Å². The van der Waals surface area contributed by atoms with Gasteiger partial charge in [-0.1, -0.05) is 37.3 Å². The standard InChI is InChI=1S/C20H27N3O/c1-16-9-13-23(14-10-16)12-4-11-21-20(24)22-19-8-7-17-5-2-3-6-18(17)15-19/h2-3,5-8,15-16H,4,9-14H2,1H3,(H2,21,22,24). The fraction of sp³-hybridized carbons (Fsp3) is 0.450. The Kier molecular flexibility index (Phi) is 5.70. The zero-order valence-electron chi connectivity index (χ0n) is 14.4. The molecule has 0 spiro atoms. The van der Waals surface area contributed by atoms with Gasteiger partial charge < -0.3 is 15.5 Å². The first kappa shape index (κ1) is 16.8. The van der Waals surface area contributed by atoms with Gasteiger partial charge in [0.25, 0.3) is 0 Å². The summed E-state index contributed by atoms with van der Waals surface area (Å²) in [6.07, 6.45) is 3.60. The van der Waals surface area contributed by atoms with Gasteiger partial charge in [0.1, 0.15) is 0 Å². The van der Waals surface area contributed by atoms with Crippen LogP contribution >= 0.6 is 0 Å². The second-order valence-corrected chi connectivity index (χ2v) is 6.82. The molecule has 0 saturated carbocycles. The lowest BCUT2D eigenvalue weighted by Gasteiger charge is -2.30. The highest BCUT2D eigenvalue weighted by atomic mass is 16.2. The maximum Gasteiger partial charge on any atom is 0.319 e. The van der Waals surface area contributed by atoms with Crippen LogP contribution < -0.4 is 10.6 Å². The minimum Gasteiger partial charge on any atom is -0.338 e. The van der Waals surface area contributed by atoms with E-state index >= 15 is 0 Å². The summed E-state index contributed by atoms with van der Waals surface area (Å²) in [7, 11) is 0. The average molecular weight is 325 g/mol. The lowest BCUT2D eigenvalue weighted by Crippen LogP contribution is -2.36. The van der Waals surface area contributed by atoms with Crippen LogP contribution in [0.4, 0.5) is 10.5 Å². The SMILES string of the molecule is CC1CCN(CCCNC(=O)Nc2ccc3ccccc3c2)CC1. The number of hydrogen-bond acceptors (Lipinski definition) is 2. The van der Waals surface area contributed by atoms with E-state index in [4.69, 9.17) is 0 Å². The van der Waals surface area contributed by atoms with Gasteiger partial charge in [-0.15, -0.1) is 0 Å². The molecule has 2 aromatic carbocycles. The summed E-state index contributed by atoms with van der Waals surface area (Å²) in [6, 6.07) is 14.0. The molecule has 2 aromatic rings. The molecule has 2 N–H and O–H groups in total. The molecule has 0 radical (unpaired) electrons. The number of amides is 2. The number of carbonyl (C=O) groups is 1. The third-order valence-corrected chi connectivity index (χ3v) is 4.82. The van der Waals surface area contributed by atoms with Crippen molar-refractivity contribution in [3.8, 4) is 0 Å². The molecule has 0 bridgehead atoms. The maximum absolute atomic E-state index is 12.0. The first-order valence-corrected chi connectivity index (χ1v) is 8.97. The number of likely N-dealkylation sites (tertiary alicyclic amines) is 1. The van der Waals surface area contributed by atoms with Crippen molar-refractivity contribution in [1.82, 2.24) is 10.2 Å². The summed E-state index contributed by atoms with van der Waals surface area (Å²) in [5, 5.41) is 8.18. The largest absolute Gasteiger partial charge is 0.338 e. The maximum atomic E-state index is 12.0. The molecule has 1 heterocycles. The fourth-order valence-corrected chi connectivity index (χ4v) is 3.23. The number of piperidine rings is 1. The van der Waals surface area contributed by atoms with Crippen LogP contribution in [0.5, 0.6) is 0 Å². The Bertz CT molecular complexity index is 677. The molecule has 1 saturated heterocycles. The molecule has 2 amide bonds. The molecule has 0 aromatic heterocycles. The van der Waals surface area contributed by atoms with E-state index in [2.05, 4.69) is 34.6 Å². The summed E-state index contributed by atoms with van der Waals surface area (Å²) in [5.41, 5.74) is 0.830. The van der Waals surface area contributed by atoms with Crippen LogP contribution in [0.15, 0.2) is 42.5 Å². The molecular weight excluding hydrogens is 298 g/mol. The Labute approximate surface area is 144 Å². The lowest BCUT2D eigenvalue weighted by molar-refractivity contribution is 0.190. The highest BCUT2D eigenvalue weighted by Crippen LogP contribution is 2.18. The van der Waals surface area contributed by atoms with E-state index in [-0.39, 0.29) is 6.03 Å². The van der Waals surface area contributed by atoms with E-state index in [1.165, 1.54) is 31.3 Å². The van der Waals surface area contributed by atoms with Gasteiger partial charge in [-0.05, 0) is 67.7 Å². The molecule has 3 rings (SSSR count). The smallest absolute Gasteiger partial charge is 0.319 e. The van der Waals surface area contributed by atoms with Crippen molar-refractivity contribution in [2.24, 2.45) is 5.92 Å². The van der Waals surface area contributed by atoms with Crippen molar-refractivity contribution < 1.29 is 4.79 Å². The van der Waals surface area contributed by atoms with E-state index in [1.54, 1.807) is 0 Å². The first-order valence-electron chi connectivity index (χ1n) is 8.97. The van der Waals surface area contributed by atoms with Crippen molar-refractivity contribution >= 4 is 22.5 Å². The van der Waals surface area contributed by atoms with Crippen LogP contribution in [0.3, 0.4) is 0 Å². The molecule has 1 aliphatic heterocycles. The number of carbonyl (C=O) groups excluding carboxylic acids is 1. The van der Waals surface area contributed by atoms with Crippen LogP contribution in [0, 0.1) is 5.92 Å². The Hall–Kier alpha value is -2.07. The van der Waals surface area contributed by atoms with E-state index < -0.39 is 0 Å². The van der Waals surface area contributed by atoms with Gasteiger partial charge in [0, 0.05) is 12.2 Å². The van der Waals surface area contributed by atoms with Crippen molar-refractivity contribution in [3.63, 3.8) is 0 Å². The summed E-state index contributed by atoms with van der Waals surface area (Å²) in [5.74, 6) is 0.868. The third-order valence-electron chi connectivity index (χ3n) is 4.82. The van der Waals surface area contributed by atoms with Crippen molar-refractivity contribution in [2.45, 2.75) is 26.2 Å². The Morgan fingerprint density at radius 3 is 2.67 bits per heavy atom. The van der Waals surface area contributed by atoms with E-state index in [1.807, 2.05) is 30.3 Å². The number of fused-ring (bicyclic) bond motifs is 1. The topological polar surface area (TPSA) is 44.4 Å². The van der Waals surface area contributed by atoms with Crippen LogP contribution in [0.1, 0.15) is 26.2 Å². The number of nitrogens with one attached hydrogen (secondary N) is 2. The monoisotopic (exact) mass is 325 g/mol. The van der Waals surface area contributed by atoms with Gasteiger partial charge >= 0.3 is 6.03 Å². The predicted molar refractivity (Wildman–Crippen MR) is 100 cm³/mol. The quantitative estimate of drug-likeness (QED) is 0.814. The molecule has 0 unspecified atom stereocenters. The van der Waals surface area contributed by atoms with Crippen molar-refractivity contribution in [2.75, 3.05) is 31.5 Å². The predicted octanol–water partition coefficient (Wildman–Crippen LogP) is 4.08. The van der Waals surface area contributed by atoms with Gasteiger partial charge in [0.15, 0.2) is 0 Å². The number of nitrogens with zero attached hydrogens (tertiary/aromatic N) is 1. The zero-order chi connectivity index (χ0) is 16.8. The highest BCUT2D eigenvalue weighted by molar-refractivity contribution is 5.93. The summed E-state index contributed by atoms with van der Waals surface area (Å²) < 4.78 is 0. The Balaban J connectivity index is 1.39. The average Bonchev–Trinajstić information content (AvgIpc) is 2.60. The molecule has 1 aliphatic rings. The first-order chi connectivity index (χ1) is 11.7. The molecule has 1 fully saturated rings. The van der Waals surface area contributed by atoms with E-state index in [0.29, 0.717) is 6.54 Å². The fourth-order valence-electron chi connectivity index (χ4n) is 3.23. The van der Waals surface area contributed by atoms with E-state index in [9.17, 15) is 4.79 Å². The van der Waals surface area contributed by atoms with Gasteiger partial charge in [-0.25, -0.2) is 4.79 Å². The third kappa shape index (κ3) is 4.71. The molecular formula is C20H27N3O. The number of hydrogen-bond donors (Lipinski definition) is 2. The second kappa shape index (κ2) is 8.15. The van der Waals surface area contributed by atoms with Gasteiger partial charge in [0.2, 0.25) is 0 Å². The number of anilines is 1. The minimum absolute atomic E-state index is 0.127. The second-order valence-electron chi connectivity index (χ2n) is 6.82. The normalized spacial score (nSPS) is 16.2. The number of benzene rings is 2. The molecule has 4 heteroatoms. The van der Waals surface area contributed by atoms with Gasteiger partial charge in [-0.3, -0.25) is 0 Å². The van der Waals surface area contributed by atoms with Crippen LogP contribution in [0.2, 0.25) is 0 Å². The van der Waals surface area contributed by atoms with Crippen LogP contribution in [-0.2, 0) is 0 Å². The molecule has 4 nitrogen and oxygen atoms in total. The molecule has 128 valence electrons. The summed E-state index contributed by atoms with van der Waals surface area (Å²) >= 11 is 0. The summed E-state index contributed by atoms with van der Waals surface area (Å²) in [6.45, 7) is 6.51. The van der Waals surface area contributed by atoms with Crippen LogP contribution in [0.25, 0.3) is 10.8 Å². The number of rotatable bonds is 5. The van der Waals surface area contributed by atoms with Crippen molar-refractivity contribution in [3.05, 3.63) is 42.5 Å². The van der Waals surface area contributed by atoms with Gasteiger partial charge in [-0.2, -0.15) is 0 Å². The summed E-state index contributed by atoms with van der Waals surface area (Å²) in [4.78, 5) is 14.5. The molecule has 0 aliphatic carbocycles. The van der Waals surface area contributed by atoms with Gasteiger partial charge in [0.05, 0.1) is 0 Å². The zero-order valence-corrected chi connectivity index (χ0v) is 14.4. The molecule has 24 heavy (non-hydrogen) atoms. The Morgan fingerprint density at radius 2 is 1.88 bits per heavy atom.